The molecule has 1 N–H and O–H groups in total. The number of anilines is 1. The van der Waals surface area contributed by atoms with Crippen LogP contribution < -0.4 is 10.1 Å². The Morgan fingerprint density at radius 1 is 1.32 bits per heavy atom. The van der Waals surface area contributed by atoms with Gasteiger partial charge in [0.1, 0.15) is 24.0 Å². The molecule has 2 aromatic rings. The van der Waals surface area contributed by atoms with Crippen molar-refractivity contribution in [2.75, 3.05) is 38.7 Å². The quantitative estimate of drug-likeness (QED) is 0.825. The molecule has 1 amide bonds. The number of benzene rings is 1. The van der Waals surface area contributed by atoms with Gasteiger partial charge in [0.15, 0.2) is 0 Å². The van der Waals surface area contributed by atoms with Crippen LogP contribution in [-0.4, -0.2) is 54.1 Å². The molecule has 4 rings (SSSR count). The molecule has 1 aromatic heterocycles. The first-order valence-electron chi connectivity index (χ1n) is 9.71. The van der Waals surface area contributed by atoms with Crippen LogP contribution in [0.5, 0.6) is 5.75 Å². The van der Waals surface area contributed by atoms with Crippen LogP contribution in [0.3, 0.4) is 0 Å². The van der Waals surface area contributed by atoms with Gasteiger partial charge in [0, 0.05) is 51.1 Å². The number of amides is 1. The second-order valence-electron chi connectivity index (χ2n) is 7.40. The van der Waals surface area contributed by atoms with Crippen molar-refractivity contribution in [3.05, 3.63) is 46.9 Å². The van der Waals surface area contributed by atoms with E-state index in [1.54, 1.807) is 7.11 Å². The summed E-state index contributed by atoms with van der Waals surface area (Å²) in [5.74, 6) is 2.94. The second kappa shape index (κ2) is 8.14. The predicted octanol–water partition coefficient (Wildman–Crippen LogP) is 2.18. The summed E-state index contributed by atoms with van der Waals surface area (Å²) in [4.78, 5) is 23.3. The fourth-order valence-corrected chi connectivity index (χ4v) is 3.88. The third-order valence-electron chi connectivity index (χ3n) is 5.33. The lowest BCUT2D eigenvalue weighted by atomic mass is 10.0. The van der Waals surface area contributed by atoms with Crippen molar-refractivity contribution in [2.24, 2.45) is 5.92 Å². The summed E-state index contributed by atoms with van der Waals surface area (Å²) in [5.41, 5.74) is 3.14. The highest BCUT2D eigenvalue weighted by molar-refractivity contribution is 5.78. The molecule has 3 heterocycles. The molecule has 7 nitrogen and oxygen atoms in total. The molecule has 0 aliphatic carbocycles. The van der Waals surface area contributed by atoms with Crippen LogP contribution in [0.25, 0.3) is 0 Å². The number of hydrogen-bond acceptors (Lipinski definition) is 6. The standard InChI is InChI=1S/C21H26N4O3/c1-14-23-18-13-28-19-6-4-3-5-16(19)10-17(18)21(24-14)22-11-15-9-20(26)25(12-15)7-8-27-2/h3-6,15H,7-13H2,1-2H3,(H,22,23,24). The zero-order valence-electron chi connectivity index (χ0n) is 16.4. The van der Waals surface area contributed by atoms with E-state index in [2.05, 4.69) is 21.4 Å². The van der Waals surface area contributed by atoms with Gasteiger partial charge in [-0.15, -0.1) is 0 Å². The number of methoxy groups -OCH3 is 1. The molecule has 0 bridgehead atoms. The maximum absolute atomic E-state index is 12.2. The maximum atomic E-state index is 12.2. The van der Waals surface area contributed by atoms with Crippen LogP contribution >= 0.6 is 0 Å². The van der Waals surface area contributed by atoms with E-state index in [0.29, 0.717) is 32.7 Å². The Labute approximate surface area is 165 Å². The monoisotopic (exact) mass is 382 g/mol. The van der Waals surface area contributed by atoms with Crippen LogP contribution in [0.2, 0.25) is 0 Å². The Balaban J connectivity index is 1.49. The van der Waals surface area contributed by atoms with Crippen LogP contribution in [0.1, 0.15) is 29.1 Å². The number of carbonyl (C=O) groups is 1. The van der Waals surface area contributed by atoms with E-state index in [9.17, 15) is 4.79 Å². The Bertz CT molecular complexity index is 871. The summed E-state index contributed by atoms with van der Waals surface area (Å²) >= 11 is 0. The predicted molar refractivity (Wildman–Crippen MR) is 105 cm³/mol. The van der Waals surface area contributed by atoms with Crippen molar-refractivity contribution in [2.45, 2.75) is 26.4 Å². The lowest BCUT2D eigenvalue weighted by Gasteiger charge is -2.18. The van der Waals surface area contributed by atoms with Gasteiger partial charge in [0.25, 0.3) is 0 Å². The number of fused-ring (bicyclic) bond motifs is 2. The molecule has 0 radical (unpaired) electrons. The molecular weight excluding hydrogens is 356 g/mol. The zero-order valence-corrected chi connectivity index (χ0v) is 16.4. The number of carbonyl (C=O) groups excluding carboxylic acids is 1. The van der Waals surface area contributed by atoms with E-state index in [1.165, 1.54) is 0 Å². The van der Waals surface area contributed by atoms with Crippen molar-refractivity contribution < 1.29 is 14.3 Å². The summed E-state index contributed by atoms with van der Waals surface area (Å²) in [7, 11) is 1.66. The number of nitrogens with one attached hydrogen (secondary N) is 1. The fraction of sp³-hybridized carbons (Fsp3) is 0.476. The highest BCUT2D eigenvalue weighted by Gasteiger charge is 2.29. The van der Waals surface area contributed by atoms with E-state index < -0.39 is 0 Å². The van der Waals surface area contributed by atoms with Crippen LogP contribution in [0.15, 0.2) is 24.3 Å². The summed E-state index contributed by atoms with van der Waals surface area (Å²) < 4.78 is 11.0. The van der Waals surface area contributed by atoms with Gasteiger partial charge in [-0.3, -0.25) is 4.79 Å². The van der Waals surface area contributed by atoms with E-state index in [4.69, 9.17) is 9.47 Å². The third-order valence-corrected chi connectivity index (χ3v) is 5.33. The molecule has 1 saturated heterocycles. The highest BCUT2D eigenvalue weighted by atomic mass is 16.5. The van der Waals surface area contributed by atoms with Crippen molar-refractivity contribution in [3.63, 3.8) is 0 Å². The smallest absolute Gasteiger partial charge is 0.223 e. The molecule has 1 unspecified atom stereocenters. The number of ether oxygens (including phenoxy) is 2. The van der Waals surface area contributed by atoms with Crippen LogP contribution in [-0.2, 0) is 22.6 Å². The minimum Gasteiger partial charge on any atom is -0.487 e. The minimum absolute atomic E-state index is 0.198. The molecule has 1 aromatic carbocycles. The topological polar surface area (TPSA) is 76.6 Å². The second-order valence-corrected chi connectivity index (χ2v) is 7.40. The number of rotatable bonds is 6. The van der Waals surface area contributed by atoms with E-state index >= 15 is 0 Å². The van der Waals surface area contributed by atoms with Gasteiger partial charge in [-0.05, 0) is 18.6 Å². The molecular formula is C21H26N4O3. The van der Waals surface area contributed by atoms with E-state index in [0.717, 1.165) is 47.2 Å². The number of nitrogens with zero attached hydrogens (tertiary/aromatic N) is 3. The number of likely N-dealkylation sites (tertiary alicyclic amines) is 1. The van der Waals surface area contributed by atoms with E-state index in [-0.39, 0.29) is 11.8 Å². The molecule has 28 heavy (non-hydrogen) atoms. The van der Waals surface area contributed by atoms with Gasteiger partial charge in [0.05, 0.1) is 12.3 Å². The molecule has 7 heteroatoms. The Kier molecular flexibility index (Phi) is 5.43. The third kappa shape index (κ3) is 3.94. The summed E-state index contributed by atoms with van der Waals surface area (Å²) in [5, 5.41) is 3.49. The first kappa shape index (κ1) is 18.7. The number of aromatic nitrogens is 2. The summed E-state index contributed by atoms with van der Waals surface area (Å²) in [6.45, 7) is 5.03. The van der Waals surface area contributed by atoms with Crippen LogP contribution in [0.4, 0.5) is 5.82 Å². The van der Waals surface area contributed by atoms with Gasteiger partial charge in [-0.25, -0.2) is 9.97 Å². The molecule has 2 aliphatic rings. The number of para-hydroxylation sites is 1. The summed E-state index contributed by atoms with van der Waals surface area (Å²) in [6.07, 6.45) is 1.30. The van der Waals surface area contributed by atoms with Gasteiger partial charge in [-0.2, -0.15) is 0 Å². The zero-order chi connectivity index (χ0) is 19.5. The normalized spacial score (nSPS) is 18.3. The first-order valence-corrected chi connectivity index (χ1v) is 9.71. The van der Waals surface area contributed by atoms with Crippen molar-refractivity contribution >= 4 is 11.7 Å². The fourth-order valence-electron chi connectivity index (χ4n) is 3.88. The van der Waals surface area contributed by atoms with Gasteiger partial charge < -0.3 is 19.7 Å². The Morgan fingerprint density at radius 3 is 3.04 bits per heavy atom. The molecule has 1 fully saturated rings. The Morgan fingerprint density at radius 2 is 2.18 bits per heavy atom. The highest BCUT2D eigenvalue weighted by Crippen LogP contribution is 2.31. The van der Waals surface area contributed by atoms with Crippen molar-refractivity contribution in [1.82, 2.24) is 14.9 Å². The van der Waals surface area contributed by atoms with Crippen LogP contribution in [0, 0.1) is 12.8 Å². The SMILES string of the molecule is COCCN1CC(CNc2nc(C)nc3c2Cc2ccccc2OC3)CC1=O. The Hall–Kier alpha value is -2.67. The average Bonchev–Trinajstić information content (AvgIpc) is 2.93. The first-order chi connectivity index (χ1) is 13.6. The molecule has 1 atom stereocenters. The van der Waals surface area contributed by atoms with Gasteiger partial charge in [-0.1, -0.05) is 18.2 Å². The van der Waals surface area contributed by atoms with Gasteiger partial charge in [0.2, 0.25) is 5.91 Å². The molecule has 148 valence electrons. The van der Waals surface area contributed by atoms with E-state index in [1.807, 2.05) is 30.0 Å². The largest absolute Gasteiger partial charge is 0.487 e. The number of aryl methyl sites for hydroxylation is 1. The summed E-state index contributed by atoms with van der Waals surface area (Å²) in [6, 6.07) is 8.08. The lowest BCUT2D eigenvalue weighted by molar-refractivity contribution is -0.128. The maximum Gasteiger partial charge on any atom is 0.223 e. The number of hydrogen-bond donors (Lipinski definition) is 1. The minimum atomic E-state index is 0.198. The molecule has 0 spiro atoms. The van der Waals surface area contributed by atoms with Crippen molar-refractivity contribution in [1.29, 1.82) is 0 Å². The molecule has 2 aliphatic heterocycles. The average molecular weight is 382 g/mol. The lowest BCUT2D eigenvalue weighted by Crippen LogP contribution is -2.29. The van der Waals surface area contributed by atoms with Gasteiger partial charge >= 0.3 is 0 Å². The molecule has 0 saturated carbocycles. The van der Waals surface area contributed by atoms with Crippen molar-refractivity contribution in [3.8, 4) is 5.75 Å².